The average Bonchev–Trinajstić information content (AvgIpc) is 2.50. The molecule has 0 saturated carbocycles. The van der Waals surface area contributed by atoms with Gasteiger partial charge in [-0.2, -0.15) is 0 Å². The largest absolute Gasteiger partial charge is 0.350 e. The summed E-state index contributed by atoms with van der Waals surface area (Å²) >= 11 is 3.44. The van der Waals surface area contributed by atoms with E-state index in [9.17, 15) is 9.59 Å². The van der Waals surface area contributed by atoms with Crippen LogP contribution in [0.3, 0.4) is 0 Å². The summed E-state index contributed by atoms with van der Waals surface area (Å²) < 4.78 is 0.931. The van der Waals surface area contributed by atoms with Crippen molar-refractivity contribution < 1.29 is 9.59 Å². The highest BCUT2D eigenvalue weighted by Crippen LogP contribution is 2.21. The number of nitrogens with one attached hydrogen (secondary N) is 2. The molecule has 2 rings (SSSR count). The van der Waals surface area contributed by atoms with Crippen LogP contribution in [0.25, 0.3) is 0 Å². The van der Waals surface area contributed by atoms with Gasteiger partial charge in [-0.1, -0.05) is 28.1 Å². The lowest BCUT2D eigenvalue weighted by Crippen LogP contribution is -2.30. The van der Waals surface area contributed by atoms with Crippen LogP contribution >= 0.6 is 15.9 Å². The predicted molar refractivity (Wildman–Crippen MR) is 95.9 cm³/mol. The molecule has 4 nitrogen and oxygen atoms in total. The number of anilines is 1. The highest BCUT2D eigenvalue weighted by Gasteiger charge is 2.11. The van der Waals surface area contributed by atoms with E-state index in [1.165, 1.54) is 0 Å². The summed E-state index contributed by atoms with van der Waals surface area (Å²) in [5.41, 5.74) is 2.70. The average molecular weight is 375 g/mol. The second-order valence-corrected chi connectivity index (χ2v) is 6.48. The van der Waals surface area contributed by atoms with Gasteiger partial charge in [-0.25, -0.2) is 0 Å². The molecule has 2 aromatic rings. The van der Waals surface area contributed by atoms with Crippen LogP contribution in [0.2, 0.25) is 0 Å². The van der Waals surface area contributed by atoms with Gasteiger partial charge in [-0.05, 0) is 56.7 Å². The molecule has 0 radical (unpaired) electrons. The van der Waals surface area contributed by atoms with Crippen LogP contribution in [0.5, 0.6) is 0 Å². The number of hydrogen-bond acceptors (Lipinski definition) is 2. The minimum atomic E-state index is -0.250. The number of aryl methyl sites for hydroxylation is 1. The van der Waals surface area contributed by atoms with Crippen LogP contribution in [0.1, 0.15) is 40.1 Å². The molecule has 0 unspecified atom stereocenters. The summed E-state index contributed by atoms with van der Waals surface area (Å²) in [5.74, 6) is -0.437. The summed E-state index contributed by atoms with van der Waals surface area (Å²) in [6, 6.07) is 12.3. The number of benzene rings is 2. The predicted octanol–water partition coefficient (Wildman–Crippen LogP) is 4.15. The fourth-order valence-electron chi connectivity index (χ4n) is 2.02. The van der Waals surface area contributed by atoms with Crippen molar-refractivity contribution in [3.05, 3.63) is 63.6 Å². The van der Waals surface area contributed by atoms with Gasteiger partial charge in [0.2, 0.25) is 0 Å². The van der Waals surface area contributed by atoms with Gasteiger partial charge in [0.15, 0.2) is 0 Å². The van der Waals surface area contributed by atoms with E-state index in [1.807, 2.05) is 39.0 Å². The third-order valence-corrected chi connectivity index (χ3v) is 4.09. The first-order valence-electron chi connectivity index (χ1n) is 7.35. The molecule has 2 aromatic carbocycles. The molecule has 0 fully saturated rings. The lowest BCUT2D eigenvalue weighted by molar-refractivity contribution is 0.0943. The topological polar surface area (TPSA) is 58.2 Å². The zero-order valence-corrected chi connectivity index (χ0v) is 14.9. The first kappa shape index (κ1) is 17.2. The van der Waals surface area contributed by atoms with Crippen LogP contribution in [0, 0.1) is 6.92 Å². The molecule has 0 aliphatic carbocycles. The molecular weight excluding hydrogens is 356 g/mol. The fourth-order valence-corrected chi connectivity index (χ4v) is 2.40. The van der Waals surface area contributed by atoms with Crippen molar-refractivity contribution in [2.75, 3.05) is 5.32 Å². The molecule has 0 aliphatic heterocycles. The molecule has 23 heavy (non-hydrogen) atoms. The Morgan fingerprint density at radius 3 is 2.26 bits per heavy atom. The van der Waals surface area contributed by atoms with E-state index in [4.69, 9.17) is 0 Å². The van der Waals surface area contributed by atoms with Gasteiger partial charge < -0.3 is 10.6 Å². The van der Waals surface area contributed by atoms with Gasteiger partial charge >= 0.3 is 0 Å². The van der Waals surface area contributed by atoms with E-state index in [0.29, 0.717) is 16.8 Å². The zero-order chi connectivity index (χ0) is 17.0. The van der Waals surface area contributed by atoms with E-state index < -0.39 is 0 Å². The summed E-state index contributed by atoms with van der Waals surface area (Å²) in [4.78, 5) is 24.4. The second-order valence-electron chi connectivity index (χ2n) is 5.63. The molecule has 2 N–H and O–H groups in total. The molecular formula is C18H19BrN2O2. The third kappa shape index (κ3) is 4.66. The molecule has 0 saturated heterocycles. The van der Waals surface area contributed by atoms with Crippen LogP contribution in [0.15, 0.2) is 46.9 Å². The van der Waals surface area contributed by atoms with E-state index in [0.717, 1.165) is 10.0 Å². The van der Waals surface area contributed by atoms with Crippen molar-refractivity contribution in [3.63, 3.8) is 0 Å². The molecule has 2 amide bonds. The maximum atomic E-state index is 12.3. The minimum Gasteiger partial charge on any atom is -0.350 e. The van der Waals surface area contributed by atoms with Gasteiger partial charge in [0.1, 0.15) is 0 Å². The van der Waals surface area contributed by atoms with Crippen molar-refractivity contribution in [1.82, 2.24) is 5.32 Å². The Hall–Kier alpha value is -2.14. The quantitative estimate of drug-likeness (QED) is 0.844. The van der Waals surface area contributed by atoms with Crippen LogP contribution in [0.4, 0.5) is 5.69 Å². The van der Waals surface area contributed by atoms with E-state index in [-0.39, 0.29) is 17.9 Å². The Balaban J connectivity index is 2.16. The van der Waals surface area contributed by atoms with Gasteiger partial charge in [-0.15, -0.1) is 0 Å². The maximum absolute atomic E-state index is 12.3. The maximum Gasteiger partial charge on any atom is 0.255 e. The monoisotopic (exact) mass is 374 g/mol. The zero-order valence-electron chi connectivity index (χ0n) is 13.3. The molecule has 0 spiro atoms. The number of hydrogen-bond donors (Lipinski definition) is 2. The lowest BCUT2D eigenvalue weighted by atomic mass is 10.1. The summed E-state index contributed by atoms with van der Waals surface area (Å²) in [6.45, 7) is 5.76. The van der Waals surface area contributed by atoms with Gasteiger partial charge in [0.05, 0.1) is 0 Å². The number of carbonyl (C=O) groups excluding carboxylic acids is 2. The molecule has 0 aliphatic rings. The first-order valence-corrected chi connectivity index (χ1v) is 8.14. The van der Waals surface area contributed by atoms with Gasteiger partial charge in [0.25, 0.3) is 11.8 Å². The SMILES string of the molecule is Cc1ccc(NC(=O)c2cccc(C(=O)NC(C)C)c2)cc1Br. The normalized spacial score (nSPS) is 10.5. The van der Waals surface area contributed by atoms with E-state index in [1.54, 1.807) is 24.3 Å². The molecule has 0 atom stereocenters. The minimum absolute atomic E-state index is 0.0462. The second kappa shape index (κ2) is 7.42. The Bertz CT molecular complexity index is 742. The van der Waals surface area contributed by atoms with Crippen molar-refractivity contribution in [3.8, 4) is 0 Å². The van der Waals surface area contributed by atoms with Gasteiger partial charge in [-0.3, -0.25) is 9.59 Å². The van der Waals surface area contributed by atoms with Crippen molar-refractivity contribution in [2.45, 2.75) is 26.8 Å². The van der Waals surface area contributed by atoms with Crippen molar-refractivity contribution >= 4 is 33.4 Å². The summed E-state index contributed by atoms with van der Waals surface area (Å²) in [7, 11) is 0. The Labute approximate surface area is 144 Å². The molecule has 0 bridgehead atoms. The Morgan fingerprint density at radius 2 is 1.65 bits per heavy atom. The summed E-state index contributed by atoms with van der Waals surface area (Å²) in [5, 5.41) is 5.64. The standard InChI is InChI=1S/C18H19BrN2O2/c1-11(2)20-17(22)13-5-4-6-14(9-13)18(23)21-15-8-7-12(3)16(19)10-15/h4-11H,1-3H3,(H,20,22)(H,21,23). The third-order valence-electron chi connectivity index (χ3n) is 3.24. The first-order chi connectivity index (χ1) is 10.9. The Kier molecular flexibility index (Phi) is 5.55. The fraction of sp³-hybridized carbons (Fsp3) is 0.222. The van der Waals surface area contributed by atoms with Gasteiger partial charge in [0, 0.05) is 27.3 Å². The number of halogens is 1. The molecule has 5 heteroatoms. The molecule has 120 valence electrons. The number of rotatable bonds is 4. The van der Waals surface area contributed by atoms with Crippen LogP contribution < -0.4 is 10.6 Å². The van der Waals surface area contributed by atoms with Crippen molar-refractivity contribution in [2.24, 2.45) is 0 Å². The lowest BCUT2D eigenvalue weighted by Gasteiger charge is -2.10. The Morgan fingerprint density at radius 1 is 1.00 bits per heavy atom. The van der Waals surface area contributed by atoms with Crippen molar-refractivity contribution in [1.29, 1.82) is 0 Å². The van der Waals surface area contributed by atoms with E-state index >= 15 is 0 Å². The smallest absolute Gasteiger partial charge is 0.255 e. The van der Waals surface area contributed by atoms with E-state index in [2.05, 4.69) is 26.6 Å². The van der Waals surface area contributed by atoms with Crippen LogP contribution in [-0.2, 0) is 0 Å². The highest BCUT2D eigenvalue weighted by molar-refractivity contribution is 9.10. The number of carbonyl (C=O) groups is 2. The number of amides is 2. The highest BCUT2D eigenvalue weighted by atomic mass is 79.9. The molecule has 0 heterocycles. The van der Waals surface area contributed by atoms with Crippen LogP contribution in [-0.4, -0.2) is 17.9 Å². The molecule has 0 aromatic heterocycles. The summed E-state index contributed by atoms with van der Waals surface area (Å²) in [6.07, 6.45) is 0.